The molecule has 0 aliphatic carbocycles. The van der Waals surface area contributed by atoms with Crippen LogP contribution in [-0.4, -0.2) is 31.0 Å². The van der Waals surface area contributed by atoms with E-state index in [-0.39, 0.29) is 12.3 Å². The monoisotopic (exact) mass is 369 g/mol. The number of carbonyl (C=O) groups is 2. The maximum Gasteiger partial charge on any atom is 0.283 e. The van der Waals surface area contributed by atoms with Gasteiger partial charge in [0, 0.05) is 42.4 Å². The molecule has 0 aromatic heterocycles. The second-order valence-corrected chi connectivity index (χ2v) is 6.32. The van der Waals surface area contributed by atoms with Gasteiger partial charge in [-0.1, -0.05) is 30.3 Å². The van der Waals surface area contributed by atoms with E-state index in [0.29, 0.717) is 12.2 Å². The lowest BCUT2D eigenvalue weighted by atomic mass is 10.1. The lowest BCUT2D eigenvalue weighted by Gasteiger charge is -2.21. The van der Waals surface area contributed by atoms with Gasteiger partial charge in [-0.05, 0) is 38.1 Å². The summed E-state index contributed by atoms with van der Waals surface area (Å²) < 4.78 is 0. The molecule has 1 amide bonds. The number of hydrogen-bond donors (Lipinski definition) is 2. The fourth-order valence-corrected chi connectivity index (χ4v) is 2.93. The van der Waals surface area contributed by atoms with E-state index >= 15 is 0 Å². The summed E-state index contributed by atoms with van der Waals surface area (Å²) in [5, 5.41) is 15.6. The Balaban J connectivity index is 2.01. The van der Waals surface area contributed by atoms with E-state index in [2.05, 4.69) is 24.1 Å². The van der Waals surface area contributed by atoms with Crippen LogP contribution in [0.15, 0.2) is 54.6 Å². The number of nitrogens with two attached hydrogens (primary N) is 1. The largest absolute Gasteiger partial charge is 0.550 e. The molecule has 0 radical (unpaired) electrons. The van der Waals surface area contributed by atoms with Gasteiger partial charge in [-0.2, -0.15) is 0 Å². The summed E-state index contributed by atoms with van der Waals surface area (Å²) in [5.74, 6) is -1.58. The number of aliphatic carboxylic acids is 1. The molecule has 27 heavy (non-hydrogen) atoms. The van der Waals surface area contributed by atoms with Crippen LogP contribution in [0.5, 0.6) is 0 Å². The van der Waals surface area contributed by atoms with Crippen molar-refractivity contribution < 1.29 is 20.0 Å². The molecule has 6 heteroatoms. The first-order chi connectivity index (χ1) is 13.0. The van der Waals surface area contributed by atoms with Crippen LogP contribution in [-0.2, 0) is 16.1 Å². The highest BCUT2D eigenvalue weighted by Crippen LogP contribution is 2.17. The molecular weight excluding hydrogens is 342 g/mol. The van der Waals surface area contributed by atoms with Crippen molar-refractivity contribution in [3.8, 4) is 0 Å². The molecule has 0 heterocycles. The Bertz CT molecular complexity index is 728. The van der Waals surface area contributed by atoms with Crippen molar-refractivity contribution in [1.29, 1.82) is 0 Å². The van der Waals surface area contributed by atoms with E-state index in [9.17, 15) is 14.7 Å². The zero-order chi connectivity index (χ0) is 19.6. The minimum absolute atomic E-state index is 0.337. The summed E-state index contributed by atoms with van der Waals surface area (Å²) in [6, 6.07) is 16.4. The van der Waals surface area contributed by atoms with Crippen LogP contribution in [0.4, 0.5) is 11.4 Å². The van der Waals surface area contributed by atoms with Crippen LogP contribution in [0.3, 0.4) is 0 Å². The molecule has 0 bridgehead atoms. The second-order valence-electron chi connectivity index (χ2n) is 6.32. The molecule has 0 aliphatic heterocycles. The number of anilines is 2. The van der Waals surface area contributed by atoms with Crippen LogP contribution < -0.4 is 20.6 Å². The molecule has 0 saturated heterocycles. The summed E-state index contributed by atoms with van der Waals surface area (Å²) in [5.41, 5.74) is 2.75. The number of benzene rings is 2. The molecule has 0 aliphatic rings. The molecule has 6 nitrogen and oxygen atoms in total. The average Bonchev–Trinajstić information content (AvgIpc) is 2.68. The van der Waals surface area contributed by atoms with Gasteiger partial charge in [0.15, 0.2) is 6.04 Å². The first kappa shape index (κ1) is 20.5. The van der Waals surface area contributed by atoms with Gasteiger partial charge < -0.3 is 25.4 Å². The summed E-state index contributed by atoms with van der Waals surface area (Å²) in [7, 11) is 0. The minimum atomic E-state index is -1.24. The minimum Gasteiger partial charge on any atom is -0.550 e. The predicted molar refractivity (Wildman–Crippen MR) is 104 cm³/mol. The van der Waals surface area contributed by atoms with E-state index in [0.717, 1.165) is 24.3 Å². The predicted octanol–water partition coefficient (Wildman–Crippen LogP) is 0.744. The number of nitrogens with zero attached hydrogens (tertiary/aromatic N) is 1. The van der Waals surface area contributed by atoms with Crippen LogP contribution in [0, 0.1) is 0 Å². The zero-order valence-electron chi connectivity index (χ0n) is 15.9. The molecule has 0 fully saturated rings. The fourth-order valence-electron chi connectivity index (χ4n) is 2.93. The van der Waals surface area contributed by atoms with E-state index < -0.39 is 12.0 Å². The van der Waals surface area contributed by atoms with Gasteiger partial charge >= 0.3 is 0 Å². The number of carboxylic acids is 1. The van der Waals surface area contributed by atoms with Crippen molar-refractivity contribution in [2.24, 2.45) is 0 Å². The van der Waals surface area contributed by atoms with Gasteiger partial charge in [-0.25, -0.2) is 0 Å². The Morgan fingerprint density at radius 2 is 1.67 bits per heavy atom. The van der Waals surface area contributed by atoms with Crippen molar-refractivity contribution >= 4 is 23.3 Å². The quantitative estimate of drug-likeness (QED) is 0.647. The van der Waals surface area contributed by atoms with E-state index in [4.69, 9.17) is 0 Å². The van der Waals surface area contributed by atoms with Gasteiger partial charge in [0.25, 0.3) is 5.91 Å². The third kappa shape index (κ3) is 6.42. The average molecular weight is 369 g/mol. The van der Waals surface area contributed by atoms with E-state index in [1.54, 1.807) is 5.32 Å². The summed E-state index contributed by atoms with van der Waals surface area (Å²) in [6.45, 7) is 6.51. The molecule has 2 aromatic carbocycles. The van der Waals surface area contributed by atoms with Crippen molar-refractivity contribution in [1.82, 2.24) is 0 Å². The number of quaternary nitrogens is 1. The number of rotatable bonds is 10. The molecule has 1 atom stereocenters. The highest BCUT2D eigenvalue weighted by atomic mass is 16.4. The highest BCUT2D eigenvalue weighted by Gasteiger charge is 2.22. The van der Waals surface area contributed by atoms with Crippen molar-refractivity contribution in [2.45, 2.75) is 32.9 Å². The Hall–Kier alpha value is -2.86. The van der Waals surface area contributed by atoms with Gasteiger partial charge in [0.05, 0.1) is 0 Å². The summed E-state index contributed by atoms with van der Waals surface area (Å²) >= 11 is 0. The topological polar surface area (TPSA) is 89.1 Å². The lowest BCUT2D eigenvalue weighted by Crippen LogP contribution is -2.91. The van der Waals surface area contributed by atoms with Gasteiger partial charge in [-0.3, -0.25) is 4.79 Å². The number of carboxylic acid groups (broad SMARTS) is 1. The molecule has 0 unspecified atom stereocenters. The maximum absolute atomic E-state index is 12.6. The molecule has 3 N–H and O–H groups in total. The first-order valence-electron chi connectivity index (χ1n) is 9.26. The smallest absolute Gasteiger partial charge is 0.283 e. The molecule has 144 valence electrons. The Morgan fingerprint density at radius 1 is 1.04 bits per heavy atom. The Kier molecular flexibility index (Phi) is 7.82. The molecule has 2 aromatic rings. The van der Waals surface area contributed by atoms with Gasteiger partial charge in [-0.15, -0.1) is 0 Å². The van der Waals surface area contributed by atoms with Crippen LogP contribution in [0.1, 0.15) is 25.8 Å². The third-order valence-corrected chi connectivity index (χ3v) is 4.47. The zero-order valence-corrected chi connectivity index (χ0v) is 15.9. The van der Waals surface area contributed by atoms with Crippen molar-refractivity contribution in [3.05, 3.63) is 60.2 Å². The first-order valence-corrected chi connectivity index (χ1v) is 9.26. The third-order valence-electron chi connectivity index (χ3n) is 4.47. The number of carbonyl (C=O) groups excluding carboxylic acids is 2. The molecule has 2 rings (SSSR count). The number of amides is 1. The number of nitrogens with one attached hydrogen (secondary N) is 1. The second kappa shape index (κ2) is 10.3. The van der Waals surface area contributed by atoms with E-state index in [1.165, 1.54) is 0 Å². The van der Waals surface area contributed by atoms with Crippen LogP contribution >= 0.6 is 0 Å². The Morgan fingerprint density at radius 3 is 2.22 bits per heavy atom. The molecule has 0 spiro atoms. The van der Waals surface area contributed by atoms with Crippen molar-refractivity contribution in [2.75, 3.05) is 23.3 Å². The van der Waals surface area contributed by atoms with Crippen LogP contribution in [0.25, 0.3) is 0 Å². The molecular formula is C21H27N3O3. The van der Waals surface area contributed by atoms with Gasteiger partial charge in [0.1, 0.15) is 6.54 Å². The maximum atomic E-state index is 12.6. The lowest BCUT2D eigenvalue weighted by molar-refractivity contribution is -0.691. The van der Waals surface area contributed by atoms with Crippen LogP contribution in [0.2, 0.25) is 0 Å². The Labute approximate surface area is 160 Å². The summed E-state index contributed by atoms with van der Waals surface area (Å²) in [6.07, 6.45) is -0.337. The fraction of sp³-hybridized carbons (Fsp3) is 0.333. The highest BCUT2D eigenvalue weighted by molar-refractivity contribution is 5.95. The SMILES string of the molecule is CCN(CC)c1ccc(NC(=O)[C@@H](CC(=O)[O-])[NH2+]Cc2ccccc2)cc1. The summed E-state index contributed by atoms with van der Waals surface area (Å²) in [4.78, 5) is 25.8. The standard InChI is InChI=1S/C21H27N3O3/c1-3-24(4-2)18-12-10-17(11-13-18)23-21(27)19(14-20(25)26)22-15-16-8-6-5-7-9-16/h5-13,19,22H,3-4,14-15H2,1-2H3,(H,23,27)(H,25,26)/t19-/m1/s1. The normalized spacial score (nSPS) is 11.6. The van der Waals surface area contributed by atoms with Crippen molar-refractivity contribution in [3.63, 3.8) is 0 Å². The van der Waals surface area contributed by atoms with Gasteiger partial charge in [0.2, 0.25) is 0 Å². The molecule has 0 saturated carbocycles. The van der Waals surface area contributed by atoms with E-state index in [1.807, 2.05) is 54.6 Å². The number of hydrogen-bond acceptors (Lipinski definition) is 4.